The average Bonchev–Trinajstić information content (AvgIpc) is 3.33. The van der Waals surface area contributed by atoms with E-state index in [1.54, 1.807) is 30.5 Å². The van der Waals surface area contributed by atoms with Crippen molar-refractivity contribution in [3.8, 4) is 11.3 Å². The van der Waals surface area contributed by atoms with Crippen molar-refractivity contribution in [3.63, 3.8) is 0 Å². The Morgan fingerprint density at radius 3 is 2.62 bits per heavy atom. The number of thiocarbonyl (C=S) groups is 1. The van der Waals surface area contributed by atoms with Crippen molar-refractivity contribution in [1.82, 2.24) is 15.2 Å². The lowest BCUT2D eigenvalue weighted by atomic mass is 10.0. The Bertz CT molecular complexity index is 1050. The summed E-state index contributed by atoms with van der Waals surface area (Å²) in [5.41, 5.74) is 1.62. The molecule has 3 aromatic rings. The van der Waals surface area contributed by atoms with Gasteiger partial charge in [-0.2, -0.15) is 0 Å². The summed E-state index contributed by atoms with van der Waals surface area (Å²) in [4.78, 5) is 18.2. The number of aromatic carboxylic acids is 1. The first kappa shape index (κ1) is 19.1. The number of nitrogens with zero attached hydrogens (tertiary/aromatic N) is 2. The molecule has 2 atom stereocenters. The van der Waals surface area contributed by atoms with Crippen LogP contribution < -0.4 is 5.32 Å². The van der Waals surface area contributed by atoms with E-state index < -0.39 is 5.97 Å². The summed E-state index contributed by atoms with van der Waals surface area (Å²) >= 11 is 5.59. The summed E-state index contributed by atoms with van der Waals surface area (Å²) in [5.74, 6) is 0.230. The molecule has 0 unspecified atom stereocenters. The van der Waals surface area contributed by atoms with Gasteiger partial charge >= 0.3 is 5.97 Å². The van der Waals surface area contributed by atoms with Crippen LogP contribution in [-0.2, 0) is 0 Å². The van der Waals surface area contributed by atoms with Crippen LogP contribution >= 0.6 is 12.2 Å². The van der Waals surface area contributed by atoms with Crippen LogP contribution in [0.3, 0.4) is 0 Å². The van der Waals surface area contributed by atoms with Gasteiger partial charge < -0.3 is 19.7 Å². The standard InChI is InChI=1S/C22H21N3O3S/c1-13(2)25-20(19(24-22(25)29)16-9-5-6-12-23-16)18-11-10-17(28-18)14-7-3-4-8-15(14)21(26)27/h3-13,19-20H,1-2H3,(H,24,29)(H,26,27)/t19-,20+/m1/s1. The van der Waals surface area contributed by atoms with Gasteiger partial charge in [0, 0.05) is 17.8 Å². The molecule has 29 heavy (non-hydrogen) atoms. The number of aromatic nitrogens is 1. The Labute approximate surface area is 174 Å². The van der Waals surface area contributed by atoms with E-state index >= 15 is 0 Å². The maximum atomic E-state index is 11.6. The second kappa shape index (κ2) is 7.67. The number of carbonyl (C=O) groups is 1. The van der Waals surface area contributed by atoms with Crippen molar-refractivity contribution >= 4 is 23.3 Å². The molecule has 1 aliphatic rings. The molecule has 2 aromatic heterocycles. The SMILES string of the molecule is CC(C)N1C(=S)N[C@H](c2ccccn2)[C@@H]1c1ccc(-c2ccccc2C(=O)O)o1. The largest absolute Gasteiger partial charge is 0.478 e. The number of carboxylic acid groups (broad SMARTS) is 1. The third kappa shape index (κ3) is 3.49. The first-order valence-electron chi connectivity index (χ1n) is 9.39. The van der Waals surface area contributed by atoms with Crippen LogP contribution in [0, 0.1) is 0 Å². The quantitative estimate of drug-likeness (QED) is 0.606. The Morgan fingerprint density at radius 1 is 1.17 bits per heavy atom. The van der Waals surface area contributed by atoms with Gasteiger partial charge in [-0.25, -0.2) is 4.79 Å². The molecule has 1 saturated heterocycles. The summed E-state index contributed by atoms with van der Waals surface area (Å²) in [6.07, 6.45) is 1.76. The maximum absolute atomic E-state index is 11.6. The van der Waals surface area contributed by atoms with E-state index in [1.165, 1.54) is 0 Å². The highest BCUT2D eigenvalue weighted by Gasteiger charge is 2.42. The normalized spacial score (nSPS) is 18.9. The zero-order valence-electron chi connectivity index (χ0n) is 16.1. The van der Waals surface area contributed by atoms with E-state index in [9.17, 15) is 9.90 Å². The lowest BCUT2D eigenvalue weighted by Crippen LogP contribution is -2.35. The molecular formula is C22H21N3O3S. The lowest BCUT2D eigenvalue weighted by molar-refractivity contribution is 0.0697. The summed E-state index contributed by atoms with van der Waals surface area (Å²) in [7, 11) is 0. The molecule has 7 heteroatoms. The van der Waals surface area contributed by atoms with Gasteiger partial charge in [0.1, 0.15) is 17.6 Å². The molecule has 1 aromatic carbocycles. The Morgan fingerprint density at radius 2 is 1.93 bits per heavy atom. The highest BCUT2D eigenvalue weighted by molar-refractivity contribution is 7.80. The Hall–Kier alpha value is -3.19. The van der Waals surface area contributed by atoms with Crippen LogP contribution in [-0.4, -0.2) is 32.1 Å². The first-order valence-corrected chi connectivity index (χ1v) is 9.80. The van der Waals surface area contributed by atoms with Crippen molar-refractivity contribution in [2.45, 2.75) is 32.0 Å². The van der Waals surface area contributed by atoms with Crippen molar-refractivity contribution in [1.29, 1.82) is 0 Å². The molecular weight excluding hydrogens is 386 g/mol. The van der Waals surface area contributed by atoms with E-state index in [1.807, 2.05) is 30.3 Å². The monoisotopic (exact) mass is 407 g/mol. The molecule has 0 saturated carbocycles. The number of hydrogen-bond donors (Lipinski definition) is 2. The molecule has 0 amide bonds. The van der Waals surface area contributed by atoms with Gasteiger partial charge in [-0.15, -0.1) is 0 Å². The Balaban J connectivity index is 1.78. The summed E-state index contributed by atoms with van der Waals surface area (Å²) in [6, 6.07) is 16.1. The fraction of sp³-hybridized carbons (Fsp3) is 0.227. The summed E-state index contributed by atoms with van der Waals surface area (Å²) in [5, 5.41) is 13.5. The van der Waals surface area contributed by atoms with Crippen LogP contribution in [0.25, 0.3) is 11.3 Å². The average molecular weight is 407 g/mol. The highest BCUT2D eigenvalue weighted by atomic mass is 32.1. The van der Waals surface area contributed by atoms with Gasteiger partial charge in [0.25, 0.3) is 0 Å². The topological polar surface area (TPSA) is 78.6 Å². The van der Waals surface area contributed by atoms with Crippen LogP contribution in [0.15, 0.2) is 65.2 Å². The number of hydrogen-bond acceptors (Lipinski definition) is 4. The van der Waals surface area contributed by atoms with Crippen LogP contribution in [0.2, 0.25) is 0 Å². The fourth-order valence-corrected chi connectivity index (χ4v) is 4.22. The minimum absolute atomic E-state index is 0.147. The van der Waals surface area contributed by atoms with Crippen molar-refractivity contribution in [3.05, 3.63) is 77.8 Å². The smallest absolute Gasteiger partial charge is 0.336 e. The summed E-state index contributed by atoms with van der Waals surface area (Å²) < 4.78 is 6.19. The highest BCUT2D eigenvalue weighted by Crippen LogP contribution is 2.41. The first-order chi connectivity index (χ1) is 14.0. The van der Waals surface area contributed by atoms with Crippen molar-refractivity contribution in [2.24, 2.45) is 0 Å². The fourth-order valence-electron chi connectivity index (χ4n) is 3.77. The number of carboxylic acids is 1. The third-order valence-corrected chi connectivity index (χ3v) is 5.36. The van der Waals surface area contributed by atoms with Gasteiger partial charge in [-0.1, -0.05) is 24.3 Å². The lowest BCUT2D eigenvalue weighted by Gasteiger charge is -2.29. The number of furan rings is 1. The molecule has 6 nitrogen and oxygen atoms in total. The Kier molecular flexibility index (Phi) is 5.07. The number of nitrogens with one attached hydrogen (secondary N) is 1. The molecule has 0 radical (unpaired) electrons. The zero-order chi connectivity index (χ0) is 20.5. The van der Waals surface area contributed by atoms with Gasteiger partial charge in [0.05, 0.1) is 17.3 Å². The van der Waals surface area contributed by atoms with Crippen molar-refractivity contribution < 1.29 is 14.3 Å². The van der Waals surface area contributed by atoms with Gasteiger partial charge in [-0.05, 0) is 56.4 Å². The molecule has 148 valence electrons. The van der Waals surface area contributed by atoms with E-state index in [-0.39, 0.29) is 23.7 Å². The summed E-state index contributed by atoms with van der Waals surface area (Å²) in [6.45, 7) is 4.15. The van der Waals surface area contributed by atoms with E-state index in [0.29, 0.717) is 22.2 Å². The number of benzene rings is 1. The maximum Gasteiger partial charge on any atom is 0.336 e. The molecule has 0 spiro atoms. The van der Waals surface area contributed by atoms with Crippen LogP contribution in [0.5, 0.6) is 0 Å². The van der Waals surface area contributed by atoms with Gasteiger partial charge in [0.15, 0.2) is 5.11 Å². The molecule has 2 N–H and O–H groups in total. The molecule has 4 rings (SSSR count). The molecule has 1 fully saturated rings. The minimum atomic E-state index is -0.988. The minimum Gasteiger partial charge on any atom is -0.478 e. The van der Waals surface area contributed by atoms with Gasteiger partial charge in [0.2, 0.25) is 0 Å². The van der Waals surface area contributed by atoms with E-state index in [4.69, 9.17) is 16.6 Å². The van der Waals surface area contributed by atoms with Crippen molar-refractivity contribution in [2.75, 3.05) is 0 Å². The molecule has 0 bridgehead atoms. The second-order valence-electron chi connectivity index (χ2n) is 7.18. The van der Waals surface area contributed by atoms with Crippen LogP contribution in [0.4, 0.5) is 0 Å². The molecule has 1 aliphatic heterocycles. The third-order valence-electron chi connectivity index (χ3n) is 5.03. The second-order valence-corrected chi connectivity index (χ2v) is 7.57. The zero-order valence-corrected chi connectivity index (χ0v) is 16.9. The van der Waals surface area contributed by atoms with Crippen LogP contribution in [0.1, 0.15) is 47.7 Å². The van der Waals surface area contributed by atoms with E-state index in [0.717, 1.165) is 5.69 Å². The van der Waals surface area contributed by atoms with Gasteiger partial charge in [-0.3, -0.25) is 4.98 Å². The predicted molar refractivity (Wildman–Crippen MR) is 114 cm³/mol. The predicted octanol–water partition coefficient (Wildman–Crippen LogP) is 4.42. The number of pyridine rings is 1. The van der Waals surface area contributed by atoms with E-state index in [2.05, 4.69) is 29.0 Å². The molecule has 3 heterocycles. The molecule has 0 aliphatic carbocycles. The number of rotatable bonds is 5.